The lowest BCUT2D eigenvalue weighted by molar-refractivity contribution is -0.384. The fourth-order valence-electron chi connectivity index (χ4n) is 1.59. The predicted octanol–water partition coefficient (Wildman–Crippen LogP) is 3.14. The Balaban J connectivity index is 2.70. The molecular formula is C12H10ClNO5. The van der Waals surface area contributed by atoms with Crippen LogP contribution < -0.4 is 10.4 Å². The summed E-state index contributed by atoms with van der Waals surface area (Å²) in [6.45, 7) is 3.52. The first-order chi connectivity index (χ1) is 8.90. The van der Waals surface area contributed by atoms with E-state index in [9.17, 15) is 14.9 Å². The zero-order valence-corrected chi connectivity index (χ0v) is 10.9. The molecule has 0 aliphatic rings. The fraction of sp³-hybridized carbons (Fsp3) is 0.250. The molecule has 2 rings (SSSR count). The Morgan fingerprint density at radius 1 is 1.37 bits per heavy atom. The maximum Gasteiger partial charge on any atom is 0.346 e. The van der Waals surface area contributed by atoms with E-state index >= 15 is 0 Å². The lowest BCUT2D eigenvalue weighted by Crippen LogP contribution is -2.09. The third-order valence-corrected chi connectivity index (χ3v) is 2.74. The first-order valence-electron chi connectivity index (χ1n) is 5.47. The second kappa shape index (κ2) is 4.89. The van der Waals surface area contributed by atoms with Crippen molar-refractivity contribution >= 4 is 28.1 Å². The summed E-state index contributed by atoms with van der Waals surface area (Å²) in [6, 6.07) is 3.80. The van der Waals surface area contributed by atoms with E-state index in [0.29, 0.717) is 5.39 Å². The van der Waals surface area contributed by atoms with E-state index in [1.54, 1.807) is 13.8 Å². The van der Waals surface area contributed by atoms with Gasteiger partial charge >= 0.3 is 11.6 Å². The van der Waals surface area contributed by atoms with Gasteiger partial charge in [-0.05, 0) is 19.9 Å². The molecule has 0 saturated heterocycles. The van der Waals surface area contributed by atoms with Gasteiger partial charge in [-0.15, -0.1) is 0 Å². The number of hydrogen-bond acceptors (Lipinski definition) is 5. The SMILES string of the molecule is CC(C)Oc1oc(=O)c2cc([N+](=O)[O-])ccc2c1Cl. The van der Waals surface area contributed by atoms with E-state index < -0.39 is 10.5 Å². The van der Waals surface area contributed by atoms with Crippen molar-refractivity contribution < 1.29 is 14.1 Å². The van der Waals surface area contributed by atoms with Gasteiger partial charge in [-0.2, -0.15) is 0 Å². The van der Waals surface area contributed by atoms with Crippen LogP contribution in [0.4, 0.5) is 5.69 Å². The highest BCUT2D eigenvalue weighted by Crippen LogP contribution is 2.32. The van der Waals surface area contributed by atoms with Gasteiger partial charge in [-0.3, -0.25) is 10.1 Å². The molecule has 0 unspecified atom stereocenters. The number of non-ortho nitro benzene ring substituents is 1. The molecule has 7 heteroatoms. The molecule has 0 spiro atoms. The topological polar surface area (TPSA) is 82.6 Å². The molecule has 0 amide bonds. The highest BCUT2D eigenvalue weighted by molar-refractivity contribution is 6.36. The average Bonchev–Trinajstić information content (AvgIpc) is 2.34. The van der Waals surface area contributed by atoms with Crippen molar-refractivity contribution in [3.8, 4) is 5.95 Å². The quantitative estimate of drug-likeness (QED) is 0.638. The van der Waals surface area contributed by atoms with Gasteiger partial charge in [0.25, 0.3) is 5.69 Å². The van der Waals surface area contributed by atoms with Gasteiger partial charge in [-0.1, -0.05) is 11.6 Å². The fourth-order valence-corrected chi connectivity index (χ4v) is 1.84. The maximum atomic E-state index is 11.8. The van der Waals surface area contributed by atoms with Gasteiger partial charge in [-0.25, -0.2) is 4.79 Å². The van der Waals surface area contributed by atoms with E-state index in [4.69, 9.17) is 20.8 Å². The molecule has 0 aliphatic carbocycles. The van der Waals surface area contributed by atoms with Crippen molar-refractivity contribution in [1.29, 1.82) is 0 Å². The minimum Gasteiger partial charge on any atom is -0.461 e. The van der Waals surface area contributed by atoms with E-state index in [0.717, 1.165) is 6.07 Å². The molecule has 0 N–H and O–H groups in total. The third kappa shape index (κ3) is 2.53. The van der Waals surface area contributed by atoms with Crippen LogP contribution in [0.5, 0.6) is 5.95 Å². The average molecular weight is 284 g/mol. The summed E-state index contributed by atoms with van der Waals surface area (Å²) in [5, 5.41) is 11.2. The number of hydrogen-bond donors (Lipinski definition) is 0. The molecule has 1 aromatic carbocycles. The van der Waals surface area contributed by atoms with Crippen LogP contribution >= 0.6 is 11.6 Å². The number of ether oxygens (including phenoxy) is 1. The zero-order chi connectivity index (χ0) is 14.2. The number of nitro groups is 1. The Morgan fingerprint density at radius 3 is 2.63 bits per heavy atom. The highest BCUT2D eigenvalue weighted by atomic mass is 35.5. The van der Waals surface area contributed by atoms with Crippen molar-refractivity contribution in [2.24, 2.45) is 0 Å². The minimum absolute atomic E-state index is 0.0512. The van der Waals surface area contributed by atoms with Crippen LogP contribution in [0.2, 0.25) is 5.02 Å². The summed E-state index contributed by atoms with van der Waals surface area (Å²) >= 11 is 6.06. The van der Waals surface area contributed by atoms with Crippen LogP contribution in [0.25, 0.3) is 10.8 Å². The van der Waals surface area contributed by atoms with Crippen molar-refractivity contribution in [2.75, 3.05) is 0 Å². The molecule has 1 heterocycles. The first-order valence-corrected chi connectivity index (χ1v) is 5.85. The van der Waals surface area contributed by atoms with Crippen molar-refractivity contribution in [2.45, 2.75) is 20.0 Å². The molecule has 1 aromatic heterocycles. The minimum atomic E-state index is -0.723. The predicted molar refractivity (Wildman–Crippen MR) is 69.9 cm³/mol. The van der Waals surface area contributed by atoms with Crippen LogP contribution in [0.3, 0.4) is 0 Å². The normalized spacial score (nSPS) is 10.9. The molecule has 0 aliphatic heterocycles. The number of nitro benzene ring substituents is 1. The van der Waals surface area contributed by atoms with Crippen LogP contribution in [-0.4, -0.2) is 11.0 Å². The summed E-state index contributed by atoms with van der Waals surface area (Å²) in [6.07, 6.45) is -0.212. The van der Waals surface area contributed by atoms with Gasteiger partial charge in [0.15, 0.2) is 0 Å². The first kappa shape index (κ1) is 13.4. The van der Waals surface area contributed by atoms with E-state index in [1.165, 1.54) is 12.1 Å². The number of rotatable bonds is 3. The van der Waals surface area contributed by atoms with E-state index in [1.807, 2.05) is 0 Å². The van der Waals surface area contributed by atoms with Crippen LogP contribution in [0.1, 0.15) is 13.8 Å². The second-order valence-corrected chi connectivity index (χ2v) is 4.52. The Labute approximate surface area is 112 Å². The molecule has 2 aromatic rings. The molecule has 19 heavy (non-hydrogen) atoms. The summed E-state index contributed by atoms with van der Waals surface area (Å²) in [5.74, 6) is -0.0805. The lowest BCUT2D eigenvalue weighted by atomic mass is 10.1. The van der Waals surface area contributed by atoms with Gasteiger partial charge < -0.3 is 9.15 Å². The number of halogens is 1. The van der Waals surface area contributed by atoms with Crippen molar-refractivity contribution in [1.82, 2.24) is 0 Å². The monoisotopic (exact) mass is 283 g/mol. The van der Waals surface area contributed by atoms with Crippen molar-refractivity contribution in [3.05, 3.63) is 43.8 Å². The van der Waals surface area contributed by atoms with E-state index in [-0.39, 0.29) is 28.1 Å². The Morgan fingerprint density at radius 2 is 2.05 bits per heavy atom. The molecule has 0 saturated carbocycles. The van der Waals surface area contributed by atoms with Crippen molar-refractivity contribution in [3.63, 3.8) is 0 Å². The second-order valence-electron chi connectivity index (χ2n) is 4.14. The molecular weight excluding hydrogens is 274 g/mol. The molecule has 6 nitrogen and oxygen atoms in total. The van der Waals surface area contributed by atoms with Gasteiger partial charge in [0.05, 0.1) is 16.4 Å². The lowest BCUT2D eigenvalue weighted by Gasteiger charge is -2.10. The van der Waals surface area contributed by atoms with Crippen LogP contribution in [-0.2, 0) is 0 Å². The number of fused-ring (bicyclic) bond motifs is 1. The highest BCUT2D eigenvalue weighted by Gasteiger charge is 2.17. The number of benzene rings is 1. The third-order valence-electron chi connectivity index (χ3n) is 2.38. The molecule has 0 atom stereocenters. The molecule has 0 fully saturated rings. The number of nitrogens with zero attached hydrogens (tertiary/aromatic N) is 1. The summed E-state index contributed by atoms with van der Waals surface area (Å²) in [4.78, 5) is 21.9. The molecule has 0 radical (unpaired) electrons. The standard InChI is InChI=1S/C12H10ClNO5/c1-6(2)18-12-10(13)8-4-3-7(14(16)17)5-9(8)11(15)19-12/h3-6H,1-2H3. The zero-order valence-electron chi connectivity index (χ0n) is 10.2. The van der Waals surface area contributed by atoms with Crippen LogP contribution in [0, 0.1) is 10.1 Å². The smallest absolute Gasteiger partial charge is 0.346 e. The largest absolute Gasteiger partial charge is 0.461 e. The summed E-state index contributed by atoms with van der Waals surface area (Å²) < 4.78 is 10.2. The van der Waals surface area contributed by atoms with Gasteiger partial charge in [0.1, 0.15) is 5.02 Å². The van der Waals surface area contributed by atoms with Gasteiger partial charge in [0.2, 0.25) is 0 Å². The van der Waals surface area contributed by atoms with Gasteiger partial charge in [0, 0.05) is 17.5 Å². The van der Waals surface area contributed by atoms with E-state index in [2.05, 4.69) is 0 Å². The Hall–Kier alpha value is -2.08. The molecule has 100 valence electrons. The van der Waals surface area contributed by atoms with Crippen LogP contribution in [0.15, 0.2) is 27.4 Å². The molecule has 0 bridgehead atoms. The Kier molecular flexibility index (Phi) is 3.44. The maximum absolute atomic E-state index is 11.8. The Bertz CT molecular complexity index is 707. The summed E-state index contributed by atoms with van der Waals surface area (Å²) in [7, 11) is 0. The summed E-state index contributed by atoms with van der Waals surface area (Å²) in [5.41, 5.74) is -0.924.